The Morgan fingerprint density at radius 1 is 1.50 bits per heavy atom. The van der Waals surface area contributed by atoms with Crippen molar-refractivity contribution in [3.63, 3.8) is 0 Å². The molecule has 0 bridgehead atoms. The van der Waals surface area contributed by atoms with E-state index in [1.54, 1.807) is 13.8 Å². The highest BCUT2D eigenvalue weighted by atomic mass is 16.3. The smallest absolute Gasteiger partial charge is 0.277 e. The quantitative estimate of drug-likeness (QED) is 0.695. The summed E-state index contributed by atoms with van der Waals surface area (Å²) in [6.07, 6.45) is 0.616. The molecule has 0 aliphatic heterocycles. The molecule has 1 heterocycles. The fraction of sp³-hybridized carbons (Fsp3) is 0.583. The summed E-state index contributed by atoms with van der Waals surface area (Å²) in [5.74, 6) is -0.231. The van der Waals surface area contributed by atoms with E-state index in [-0.39, 0.29) is 18.1 Å². The first-order valence-electron chi connectivity index (χ1n) is 5.92. The van der Waals surface area contributed by atoms with Gasteiger partial charge in [0.15, 0.2) is 0 Å². The van der Waals surface area contributed by atoms with Crippen molar-refractivity contribution >= 4 is 5.91 Å². The first kappa shape index (κ1) is 14.4. The van der Waals surface area contributed by atoms with E-state index in [0.29, 0.717) is 24.2 Å². The summed E-state index contributed by atoms with van der Waals surface area (Å²) < 4.78 is 0. The predicted molar refractivity (Wildman–Crippen MR) is 67.5 cm³/mol. The van der Waals surface area contributed by atoms with E-state index in [2.05, 4.69) is 15.5 Å². The lowest BCUT2D eigenvalue weighted by molar-refractivity contribution is 0.0943. The molecule has 100 valence electrons. The Bertz CT molecular complexity index is 482. The van der Waals surface area contributed by atoms with Crippen molar-refractivity contribution in [1.29, 1.82) is 0 Å². The molecule has 0 aliphatic rings. The van der Waals surface area contributed by atoms with E-state index in [0.717, 1.165) is 0 Å². The molecule has 0 spiro atoms. The number of H-pyrrole nitrogens is 1. The number of amides is 1. The minimum absolute atomic E-state index is 0.0883. The van der Waals surface area contributed by atoms with Crippen molar-refractivity contribution in [1.82, 2.24) is 15.5 Å². The van der Waals surface area contributed by atoms with Crippen LogP contribution in [0.2, 0.25) is 0 Å². The molecule has 1 rings (SSSR count). The normalized spacial score (nSPS) is 12.2. The largest absolute Gasteiger partial charge is 0.396 e. The molecule has 6 nitrogen and oxygen atoms in total. The number of nitrogens with zero attached hydrogens (tertiary/aromatic N) is 1. The number of aliphatic hydroxyl groups excluding tert-OH is 1. The molecule has 18 heavy (non-hydrogen) atoms. The van der Waals surface area contributed by atoms with Crippen LogP contribution < -0.4 is 10.9 Å². The molecule has 1 aromatic heterocycles. The minimum Gasteiger partial charge on any atom is -0.396 e. The average Bonchev–Trinajstić information content (AvgIpc) is 2.32. The summed E-state index contributed by atoms with van der Waals surface area (Å²) >= 11 is 0. The van der Waals surface area contributed by atoms with Gasteiger partial charge in [-0.25, -0.2) is 5.10 Å². The molecular formula is C12H19N3O3. The van der Waals surface area contributed by atoms with Crippen molar-refractivity contribution < 1.29 is 9.90 Å². The van der Waals surface area contributed by atoms with Gasteiger partial charge in [-0.2, -0.15) is 5.10 Å². The van der Waals surface area contributed by atoms with E-state index in [1.165, 1.54) is 0 Å². The van der Waals surface area contributed by atoms with Gasteiger partial charge in [0.2, 0.25) is 0 Å². The van der Waals surface area contributed by atoms with Crippen molar-refractivity contribution in [2.24, 2.45) is 5.92 Å². The second-order valence-electron chi connectivity index (χ2n) is 4.47. The molecule has 0 radical (unpaired) electrons. The Kier molecular flexibility index (Phi) is 5.03. The van der Waals surface area contributed by atoms with Crippen LogP contribution in [0.25, 0.3) is 0 Å². The Morgan fingerprint density at radius 2 is 2.17 bits per heavy atom. The van der Waals surface area contributed by atoms with Gasteiger partial charge >= 0.3 is 0 Å². The van der Waals surface area contributed by atoms with Crippen LogP contribution in [0.4, 0.5) is 0 Å². The van der Waals surface area contributed by atoms with E-state index in [4.69, 9.17) is 5.11 Å². The fourth-order valence-electron chi connectivity index (χ4n) is 1.58. The van der Waals surface area contributed by atoms with Gasteiger partial charge in [-0.15, -0.1) is 0 Å². The number of hydrogen-bond donors (Lipinski definition) is 3. The highest BCUT2D eigenvalue weighted by Gasteiger charge is 2.16. The second-order valence-corrected chi connectivity index (χ2v) is 4.47. The number of aryl methyl sites for hydroxylation is 1. The van der Waals surface area contributed by atoms with Crippen molar-refractivity contribution in [2.45, 2.75) is 27.2 Å². The lowest BCUT2D eigenvalue weighted by Crippen LogP contribution is -2.34. The molecule has 0 aromatic carbocycles. The molecule has 1 unspecified atom stereocenters. The van der Waals surface area contributed by atoms with Gasteiger partial charge in [-0.3, -0.25) is 9.59 Å². The molecule has 0 aliphatic carbocycles. The fourth-order valence-corrected chi connectivity index (χ4v) is 1.58. The topological polar surface area (TPSA) is 95.1 Å². The van der Waals surface area contributed by atoms with Crippen LogP contribution in [-0.2, 0) is 0 Å². The third-order valence-corrected chi connectivity index (χ3v) is 2.93. The standard InChI is InChI=1S/C12H19N3O3/c1-7(4-5-16)6-13-11(17)10-8(2)9(3)14-15-12(10)18/h7,16H,4-6H2,1-3H3,(H,13,17)(H,15,18). The second kappa shape index (κ2) is 6.30. The summed E-state index contributed by atoms with van der Waals surface area (Å²) in [4.78, 5) is 23.5. The van der Waals surface area contributed by atoms with Crippen LogP contribution in [0.15, 0.2) is 4.79 Å². The lowest BCUT2D eigenvalue weighted by Gasteiger charge is -2.12. The summed E-state index contributed by atoms with van der Waals surface area (Å²) in [5.41, 5.74) is 0.846. The monoisotopic (exact) mass is 253 g/mol. The summed E-state index contributed by atoms with van der Waals surface area (Å²) in [7, 11) is 0. The van der Waals surface area contributed by atoms with E-state index >= 15 is 0 Å². The predicted octanol–water partition coefficient (Wildman–Crippen LogP) is 0.135. The number of aliphatic hydroxyl groups is 1. The molecule has 0 fully saturated rings. The van der Waals surface area contributed by atoms with Crippen LogP contribution in [0.1, 0.15) is 35.0 Å². The molecule has 6 heteroatoms. The van der Waals surface area contributed by atoms with E-state index in [9.17, 15) is 9.59 Å². The maximum atomic E-state index is 11.9. The number of aromatic amines is 1. The van der Waals surface area contributed by atoms with Crippen molar-refractivity contribution in [3.8, 4) is 0 Å². The minimum atomic E-state index is -0.481. The van der Waals surface area contributed by atoms with E-state index < -0.39 is 11.5 Å². The number of rotatable bonds is 5. The number of hydrogen-bond acceptors (Lipinski definition) is 4. The van der Waals surface area contributed by atoms with Crippen LogP contribution in [0, 0.1) is 19.8 Å². The zero-order valence-electron chi connectivity index (χ0n) is 10.9. The highest BCUT2D eigenvalue weighted by Crippen LogP contribution is 2.05. The molecule has 1 amide bonds. The molecule has 0 saturated carbocycles. The van der Waals surface area contributed by atoms with Gasteiger partial charge in [0.05, 0.1) is 5.69 Å². The Hall–Kier alpha value is -1.69. The van der Waals surface area contributed by atoms with Crippen molar-refractivity contribution in [2.75, 3.05) is 13.2 Å². The van der Waals surface area contributed by atoms with Crippen LogP contribution in [0.5, 0.6) is 0 Å². The maximum Gasteiger partial charge on any atom is 0.277 e. The first-order valence-corrected chi connectivity index (χ1v) is 5.92. The van der Waals surface area contributed by atoms with Gasteiger partial charge in [-0.1, -0.05) is 6.92 Å². The number of aromatic nitrogens is 2. The number of carbonyl (C=O) groups excluding carboxylic acids is 1. The first-order chi connectivity index (χ1) is 8.47. The molecule has 1 aromatic rings. The van der Waals surface area contributed by atoms with Crippen LogP contribution in [0.3, 0.4) is 0 Å². The third-order valence-electron chi connectivity index (χ3n) is 2.93. The molecular weight excluding hydrogens is 234 g/mol. The zero-order valence-corrected chi connectivity index (χ0v) is 10.9. The van der Waals surface area contributed by atoms with Crippen molar-refractivity contribution in [3.05, 3.63) is 27.2 Å². The summed E-state index contributed by atoms with van der Waals surface area (Å²) in [6, 6.07) is 0. The van der Waals surface area contributed by atoms with E-state index in [1.807, 2.05) is 6.92 Å². The zero-order chi connectivity index (χ0) is 13.7. The highest BCUT2D eigenvalue weighted by molar-refractivity contribution is 5.95. The average molecular weight is 253 g/mol. The molecule has 3 N–H and O–H groups in total. The third kappa shape index (κ3) is 3.40. The van der Waals surface area contributed by atoms with Crippen LogP contribution in [-0.4, -0.2) is 34.4 Å². The Balaban J connectivity index is 2.79. The maximum absolute atomic E-state index is 11.9. The summed E-state index contributed by atoms with van der Waals surface area (Å²) in [5, 5.41) is 17.6. The van der Waals surface area contributed by atoms with Gasteiger partial charge in [-0.05, 0) is 31.7 Å². The lowest BCUT2D eigenvalue weighted by atomic mass is 10.1. The SMILES string of the molecule is Cc1n[nH]c(=O)c(C(=O)NCC(C)CCO)c1C. The van der Waals surface area contributed by atoms with Gasteiger partial charge in [0.25, 0.3) is 11.5 Å². The Morgan fingerprint density at radius 3 is 2.78 bits per heavy atom. The molecule has 1 atom stereocenters. The number of carbonyl (C=O) groups is 1. The van der Waals surface area contributed by atoms with Gasteiger partial charge in [0.1, 0.15) is 5.56 Å². The van der Waals surface area contributed by atoms with Gasteiger partial charge in [0, 0.05) is 13.2 Å². The summed E-state index contributed by atoms with van der Waals surface area (Å²) in [6.45, 7) is 5.87. The van der Waals surface area contributed by atoms with Gasteiger partial charge < -0.3 is 10.4 Å². The van der Waals surface area contributed by atoms with Crippen LogP contribution >= 0.6 is 0 Å². The number of nitrogens with one attached hydrogen (secondary N) is 2. The Labute approximate surface area is 105 Å². The molecule has 0 saturated heterocycles.